The Kier molecular flexibility index (Phi) is 6.55. The van der Waals surface area contributed by atoms with Crippen LogP contribution in [0.25, 0.3) is 0 Å². The molecule has 0 unspecified atom stereocenters. The molecule has 1 atom stereocenters. The Hall–Kier alpha value is -3.87. The molecule has 0 saturated carbocycles. The summed E-state index contributed by atoms with van der Waals surface area (Å²) < 4.78 is 12.4. The predicted molar refractivity (Wildman–Crippen MR) is 116 cm³/mol. The van der Waals surface area contributed by atoms with Crippen molar-refractivity contribution in [1.82, 2.24) is 4.57 Å². The molecule has 31 heavy (non-hydrogen) atoms. The number of esters is 1. The summed E-state index contributed by atoms with van der Waals surface area (Å²) in [4.78, 5) is 37.6. The summed E-state index contributed by atoms with van der Waals surface area (Å²) in [5.41, 5.74) is 2.49. The zero-order valence-corrected chi connectivity index (χ0v) is 17.8. The maximum atomic E-state index is 13.2. The second kappa shape index (κ2) is 9.30. The molecule has 3 aromatic rings. The fraction of sp³-hybridized carbons (Fsp3) is 0.208. The molecular formula is C24H24N2O5. The van der Waals surface area contributed by atoms with Crippen molar-refractivity contribution >= 4 is 23.3 Å². The second-order valence-corrected chi connectivity index (χ2v) is 7.17. The molecule has 0 aliphatic heterocycles. The quantitative estimate of drug-likeness (QED) is 0.460. The first kappa shape index (κ1) is 21.8. The third-order valence-corrected chi connectivity index (χ3v) is 4.80. The van der Waals surface area contributed by atoms with E-state index in [4.69, 9.17) is 9.47 Å². The van der Waals surface area contributed by atoms with Gasteiger partial charge in [-0.15, -0.1) is 0 Å². The minimum absolute atomic E-state index is 0.168. The van der Waals surface area contributed by atoms with Crippen LogP contribution in [0.5, 0.6) is 5.75 Å². The minimum atomic E-state index is -1.20. The van der Waals surface area contributed by atoms with Gasteiger partial charge in [0, 0.05) is 24.4 Å². The summed E-state index contributed by atoms with van der Waals surface area (Å²) in [5, 5.41) is 2.79. The average Bonchev–Trinajstić information content (AvgIpc) is 3.15. The normalized spacial score (nSPS) is 11.5. The van der Waals surface area contributed by atoms with Gasteiger partial charge in [-0.25, -0.2) is 4.79 Å². The molecule has 1 heterocycles. The van der Waals surface area contributed by atoms with Gasteiger partial charge in [-0.2, -0.15) is 0 Å². The van der Waals surface area contributed by atoms with E-state index >= 15 is 0 Å². The number of ketones is 1. The Labute approximate surface area is 180 Å². The largest absolute Gasteiger partial charge is 0.495 e. The van der Waals surface area contributed by atoms with Crippen molar-refractivity contribution in [3.63, 3.8) is 0 Å². The molecule has 0 aliphatic carbocycles. The molecule has 7 heteroatoms. The first-order chi connectivity index (χ1) is 14.8. The van der Waals surface area contributed by atoms with E-state index in [9.17, 15) is 14.4 Å². The lowest BCUT2D eigenvalue weighted by Gasteiger charge is -2.19. The third kappa shape index (κ3) is 5.01. The van der Waals surface area contributed by atoms with Crippen molar-refractivity contribution in [1.29, 1.82) is 0 Å². The number of carbonyl (C=O) groups is 3. The highest BCUT2D eigenvalue weighted by Crippen LogP contribution is 2.28. The van der Waals surface area contributed by atoms with Crippen molar-refractivity contribution in [2.24, 2.45) is 7.05 Å². The molecule has 0 bridgehead atoms. The van der Waals surface area contributed by atoms with Gasteiger partial charge in [0.15, 0.2) is 5.78 Å². The highest BCUT2D eigenvalue weighted by atomic mass is 16.5. The van der Waals surface area contributed by atoms with Gasteiger partial charge in [0.05, 0.1) is 12.8 Å². The first-order valence-corrected chi connectivity index (χ1v) is 9.69. The van der Waals surface area contributed by atoms with Gasteiger partial charge in [-0.3, -0.25) is 9.59 Å². The Morgan fingerprint density at radius 2 is 1.74 bits per heavy atom. The smallest absolute Gasteiger partial charge is 0.356 e. The summed E-state index contributed by atoms with van der Waals surface area (Å²) in [6.07, 6.45) is 0.350. The number of anilines is 1. The van der Waals surface area contributed by atoms with Crippen molar-refractivity contribution < 1.29 is 23.9 Å². The molecular weight excluding hydrogens is 396 g/mol. The lowest BCUT2D eigenvalue weighted by Crippen LogP contribution is -2.26. The number of amides is 1. The van der Waals surface area contributed by atoms with E-state index in [0.29, 0.717) is 22.6 Å². The van der Waals surface area contributed by atoms with E-state index in [-0.39, 0.29) is 11.5 Å². The molecule has 160 valence electrons. The standard InChI is InChI=1S/C24H24N2O5/c1-15-10-11-21(30-4)19(12-15)25-23(28)22(17-8-6-5-7-9-17)31-24(29)20-13-18(16(2)27)14-26(20)3/h5-14,22H,1-4H3,(H,25,28)/t22-/m1/s1. The van der Waals surface area contributed by atoms with Crippen molar-refractivity contribution in [3.8, 4) is 5.75 Å². The number of aromatic nitrogens is 1. The summed E-state index contributed by atoms with van der Waals surface area (Å²) in [6, 6.07) is 15.6. The summed E-state index contributed by atoms with van der Waals surface area (Å²) >= 11 is 0. The van der Waals surface area contributed by atoms with Crippen molar-refractivity contribution in [2.45, 2.75) is 20.0 Å². The van der Waals surface area contributed by atoms with Crippen LogP contribution >= 0.6 is 0 Å². The summed E-state index contributed by atoms with van der Waals surface area (Å²) in [7, 11) is 3.15. The maximum absolute atomic E-state index is 13.2. The van der Waals surface area contributed by atoms with Crippen LogP contribution in [-0.2, 0) is 16.6 Å². The van der Waals surface area contributed by atoms with Crippen LogP contribution in [0, 0.1) is 6.92 Å². The van der Waals surface area contributed by atoms with Crippen LogP contribution in [0.1, 0.15) is 45.0 Å². The Balaban J connectivity index is 1.91. The number of hydrogen-bond acceptors (Lipinski definition) is 5. The molecule has 1 amide bonds. The fourth-order valence-corrected chi connectivity index (χ4v) is 3.15. The lowest BCUT2D eigenvalue weighted by molar-refractivity contribution is -0.125. The Morgan fingerprint density at radius 3 is 2.35 bits per heavy atom. The number of hydrogen-bond donors (Lipinski definition) is 1. The Bertz CT molecular complexity index is 1120. The monoisotopic (exact) mass is 420 g/mol. The number of ether oxygens (including phenoxy) is 2. The number of nitrogens with zero attached hydrogens (tertiary/aromatic N) is 1. The number of methoxy groups -OCH3 is 1. The van der Waals surface area contributed by atoms with Crippen LogP contribution in [0.4, 0.5) is 5.69 Å². The first-order valence-electron chi connectivity index (χ1n) is 9.69. The van der Waals surface area contributed by atoms with Gasteiger partial charge in [0.2, 0.25) is 6.10 Å². The number of nitrogens with one attached hydrogen (secondary N) is 1. The highest BCUT2D eigenvalue weighted by Gasteiger charge is 2.28. The van der Waals surface area contributed by atoms with Crippen LogP contribution in [0.3, 0.4) is 0 Å². The fourth-order valence-electron chi connectivity index (χ4n) is 3.15. The van der Waals surface area contributed by atoms with E-state index < -0.39 is 18.0 Å². The SMILES string of the molecule is COc1ccc(C)cc1NC(=O)[C@H](OC(=O)c1cc(C(C)=O)cn1C)c1ccccc1. The van der Waals surface area contributed by atoms with Gasteiger partial charge >= 0.3 is 5.97 Å². The van der Waals surface area contributed by atoms with Crippen molar-refractivity contribution in [3.05, 3.63) is 83.2 Å². The second-order valence-electron chi connectivity index (χ2n) is 7.17. The number of aryl methyl sites for hydroxylation is 2. The van der Waals surface area contributed by atoms with Crippen molar-refractivity contribution in [2.75, 3.05) is 12.4 Å². The Morgan fingerprint density at radius 1 is 1.03 bits per heavy atom. The molecule has 1 aromatic heterocycles. The molecule has 0 fully saturated rings. The van der Waals surface area contributed by atoms with Gasteiger partial charge < -0.3 is 19.4 Å². The minimum Gasteiger partial charge on any atom is -0.495 e. The number of rotatable bonds is 7. The maximum Gasteiger partial charge on any atom is 0.356 e. The van der Waals surface area contributed by atoms with E-state index in [1.165, 1.54) is 24.7 Å². The molecule has 7 nitrogen and oxygen atoms in total. The van der Waals surface area contributed by atoms with Crippen LogP contribution in [-0.4, -0.2) is 29.3 Å². The average molecular weight is 420 g/mol. The molecule has 0 aliphatic rings. The zero-order chi connectivity index (χ0) is 22.5. The van der Waals surface area contributed by atoms with Gasteiger partial charge in [0.25, 0.3) is 5.91 Å². The number of Topliss-reactive ketones (excluding diaryl/α,β-unsaturated/α-hetero) is 1. The molecule has 1 N–H and O–H groups in total. The topological polar surface area (TPSA) is 86.6 Å². The van der Waals surface area contributed by atoms with E-state index in [0.717, 1.165) is 5.56 Å². The lowest BCUT2D eigenvalue weighted by atomic mass is 10.1. The summed E-state index contributed by atoms with van der Waals surface area (Å²) in [5.74, 6) is -0.913. The summed E-state index contributed by atoms with van der Waals surface area (Å²) in [6.45, 7) is 3.31. The molecule has 0 radical (unpaired) electrons. The van der Waals surface area contributed by atoms with Crippen LogP contribution < -0.4 is 10.1 Å². The van der Waals surface area contributed by atoms with Gasteiger partial charge in [0.1, 0.15) is 11.4 Å². The van der Waals surface area contributed by atoms with Gasteiger partial charge in [-0.05, 0) is 37.6 Å². The molecule has 3 rings (SSSR count). The van der Waals surface area contributed by atoms with Crippen LogP contribution in [0.15, 0.2) is 60.8 Å². The zero-order valence-electron chi connectivity index (χ0n) is 17.8. The van der Waals surface area contributed by atoms with E-state index in [2.05, 4.69) is 5.32 Å². The van der Waals surface area contributed by atoms with E-state index in [1.54, 1.807) is 55.7 Å². The number of carbonyl (C=O) groups excluding carboxylic acids is 3. The highest BCUT2D eigenvalue weighted by molar-refractivity contribution is 6.00. The third-order valence-electron chi connectivity index (χ3n) is 4.80. The van der Waals surface area contributed by atoms with Crippen LogP contribution in [0.2, 0.25) is 0 Å². The molecule has 0 saturated heterocycles. The van der Waals surface area contributed by atoms with E-state index in [1.807, 2.05) is 13.0 Å². The molecule has 0 spiro atoms. The predicted octanol–water partition coefficient (Wildman–Crippen LogP) is 4.08. The van der Waals surface area contributed by atoms with Gasteiger partial charge in [-0.1, -0.05) is 36.4 Å². The number of benzene rings is 2. The molecule has 2 aromatic carbocycles.